The fraction of sp³-hybridized carbons (Fsp3) is 0.556. The van der Waals surface area contributed by atoms with Gasteiger partial charge in [-0.1, -0.05) is 6.42 Å². The van der Waals surface area contributed by atoms with Crippen molar-refractivity contribution in [1.29, 1.82) is 0 Å². The molecule has 1 aromatic rings. The van der Waals surface area contributed by atoms with Gasteiger partial charge >= 0.3 is 24.3 Å². The van der Waals surface area contributed by atoms with Crippen LogP contribution in [-0.4, -0.2) is 51.4 Å². The number of hydrogen-bond acceptors (Lipinski definition) is 4. The molecule has 174 valence electrons. The quantitative estimate of drug-likeness (QED) is 0.584. The number of pyridine rings is 1. The molecule has 3 unspecified atom stereocenters. The number of carboxylic acids is 2. The SMILES string of the molecule is O=C(NC(Cc1ccncc1)C(=O)O)C1CCCC(C(F)(F)F)C1.O=C(O)C(F)(F)F. The Morgan fingerprint density at radius 1 is 1.06 bits per heavy atom. The van der Waals surface area contributed by atoms with E-state index in [-0.39, 0.29) is 19.3 Å². The maximum atomic E-state index is 12.8. The van der Waals surface area contributed by atoms with Crippen LogP contribution in [0.5, 0.6) is 0 Å². The van der Waals surface area contributed by atoms with E-state index in [1.165, 1.54) is 12.4 Å². The van der Waals surface area contributed by atoms with Crippen LogP contribution in [0.15, 0.2) is 24.5 Å². The number of hydrogen-bond donors (Lipinski definition) is 3. The summed E-state index contributed by atoms with van der Waals surface area (Å²) >= 11 is 0. The smallest absolute Gasteiger partial charge is 0.480 e. The van der Waals surface area contributed by atoms with Crippen molar-refractivity contribution < 1.29 is 50.9 Å². The Bertz CT molecular complexity index is 754. The topological polar surface area (TPSA) is 117 Å². The van der Waals surface area contributed by atoms with E-state index in [2.05, 4.69) is 10.3 Å². The van der Waals surface area contributed by atoms with E-state index in [4.69, 9.17) is 9.90 Å². The molecule has 1 heterocycles. The maximum Gasteiger partial charge on any atom is 0.490 e. The predicted molar refractivity (Wildman–Crippen MR) is 92.7 cm³/mol. The van der Waals surface area contributed by atoms with Crippen LogP contribution < -0.4 is 5.32 Å². The Morgan fingerprint density at radius 3 is 2.06 bits per heavy atom. The van der Waals surface area contributed by atoms with E-state index in [1.807, 2.05) is 0 Å². The van der Waals surface area contributed by atoms with Crippen LogP contribution in [-0.2, 0) is 20.8 Å². The van der Waals surface area contributed by atoms with Gasteiger partial charge in [0, 0.05) is 24.7 Å². The molecule has 1 aliphatic rings. The van der Waals surface area contributed by atoms with Crippen LogP contribution in [0.4, 0.5) is 26.3 Å². The van der Waals surface area contributed by atoms with E-state index in [0.29, 0.717) is 18.4 Å². The van der Waals surface area contributed by atoms with Gasteiger partial charge in [-0.25, -0.2) is 9.59 Å². The number of carboxylic acid groups (broad SMARTS) is 2. The van der Waals surface area contributed by atoms with E-state index in [1.54, 1.807) is 12.1 Å². The van der Waals surface area contributed by atoms with Crippen LogP contribution in [0.1, 0.15) is 31.2 Å². The largest absolute Gasteiger partial charge is 0.490 e. The summed E-state index contributed by atoms with van der Waals surface area (Å²) in [5.41, 5.74) is 0.675. The van der Waals surface area contributed by atoms with Crippen molar-refractivity contribution in [2.75, 3.05) is 0 Å². The molecule has 7 nitrogen and oxygen atoms in total. The molecule has 3 N–H and O–H groups in total. The summed E-state index contributed by atoms with van der Waals surface area (Å²) in [6, 6.07) is 2.08. The van der Waals surface area contributed by atoms with Crippen molar-refractivity contribution in [1.82, 2.24) is 10.3 Å². The lowest BCUT2D eigenvalue weighted by Crippen LogP contribution is -2.46. The molecule has 0 saturated heterocycles. The van der Waals surface area contributed by atoms with Gasteiger partial charge in [0.15, 0.2) is 0 Å². The van der Waals surface area contributed by atoms with E-state index >= 15 is 0 Å². The standard InChI is InChI=1S/C16H19F3N2O3.C2HF3O2/c17-16(18,19)12-3-1-2-11(9-12)14(22)21-13(15(23)24)8-10-4-6-20-7-5-10;3-2(4,5)1(6)7/h4-7,11-13H,1-3,8-9H2,(H,21,22)(H,23,24);(H,6,7). The normalized spacial score (nSPS) is 20.1. The van der Waals surface area contributed by atoms with E-state index < -0.39 is 48.1 Å². The number of nitrogens with one attached hydrogen (secondary N) is 1. The fourth-order valence-corrected chi connectivity index (χ4v) is 2.97. The molecule has 0 spiro atoms. The fourth-order valence-electron chi connectivity index (χ4n) is 2.97. The van der Waals surface area contributed by atoms with Gasteiger partial charge in [-0.2, -0.15) is 26.3 Å². The number of carbonyl (C=O) groups excluding carboxylic acids is 1. The van der Waals surface area contributed by atoms with Gasteiger partial charge in [-0.15, -0.1) is 0 Å². The third-order valence-corrected chi connectivity index (χ3v) is 4.55. The number of aliphatic carboxylic acids is 2. The van der Waals surface area contributed by atoms with Crippen LogP contribution in [0.3, 0.4) is 0 Å². The van der Waals surface area contributed by atoms with Gasteiger partial charge in [0.05, 0.1) is 5.92 Å². The van der Waals surface area contributed by atoms with Crippen molar-refractivity contribution in [3.8, 4) is 0 Å². The molecule has 0 radical (unpaired) electrons. The molecule has 1 amide bonds. The molecular weight excluding hydrogens is 438 g/mol. The van der Waals surface area contributed by atoms with Crippen LogP contribution in [0.25, 0.3) is 0 Å². The van der Waals surface area contributed by atoms with E-state index in [9.17, 15) is 41.0 Å². The molecule has 13 heteroatoms. The lowest BCUT2D eigenvalue weighted by Gasteiger charge is -2.30. The van der Waals surface area contributed by atoms with Gasteiger partial charge in [-0.3, -0.25) is 9.78 Å². The first-order chi connectivity index (χ1) is 14.2. The minimum Gasteiger partial charge on any atom is -0.480 e. The zero-order valence-corrected chi connectivity index (χ0v) is 15.9. The number of aromatic nitrogens is 1. The second-order valence-electron chi connectivity index (χ2n) is 6.86. The molecule has 0 aliphatic heterocycles. The number of nitrogens with zero attached hydrogens (tertiary/aromatic N) is 1. The van der Waals surface area contributed by atoms with Gasteiger partial charge in [0.25, 0.3) is 0 Å². The molecule has 1 saturated carbocycles. The first-order valence-corrected chi connectivity index (χ1v) is 9.00. The summed E-state index contributed by atoms with van der Waals surface area (Å²) in [5.74, 6) is -6.89. The van der Waals surface area contributed by atoms with Crippen LogP contribution >= 0.6 is 0 Å². The predicted octanol–water partition coefficient (Wildman–Crippen LogP) is 3.20. The number of alkyl halides is 6. The highest BCUT2D eigenvalue weighted by atomic mass is 19.4. The van der Waals surface area contributed by atoms with Crippen molar-refractivity contribution >= 4 is 17.8 Å². The van der Waals surface area contributed by atoms with Crippen molar-refractivity contribution in [3.05, 3.63) is 30.1 Å². The van der Waals surface area contributed by atoms with Crippen molar-refractivity contribution in [2.24, 2.45) is 11.8 Å². The summed E-state index contributed by atoms with van der Waals surface area (Å²) in [6.45, 7) is 0. The molecule has 31 heavy (non-hydrogen) atoms. The first kappa shape index (κ1) is 26.2. The zero-order chi connectivity index (χ0) is 23.8. The number of amides is 1. The lowest BCUT2D eigenvalue weighted by molar-refractivity contribution is -0.192. The Kier molecular flexibility index (Phi) is 9.25. The third kappa shape index (κ3) is 9.22. The minimum absolute atomic E-state index is 0.0205. The van der Waals surface area contributed by atoms with Gasteiger partial charge in [-0.05, 0) is 37.0 Å². The van der Waals surface area contributed by atoms with Gasteiger partial charge in [0.1, 0.15) is 6.04 Å². The summed E-state index contributed by atoms with van der Waals surface area (Å²) in [7, 11) is 0. The first-order valence-electron chi connectivity index (χ1n) is 9.00. The number of halogens is 6. The van der Waals surface area contributed by atoms with Crippen molar-refractivity contribution in [2.45, 2.75) is 50.5 Å². The second kappa shape index (κ2) is 11.0. The van der Waals surface area contributed by atoms with E-state index in [0.717, 1.165) is 0 Å². The average molecular weight is 458 g/mol. The van der Waals surface area contributed by atoms with Crippen molar-refractivity contribution in [3.63, 3.8) is 0 Å². The highest BCUT2D eigenvalue weighted by Gasteiger charge is 2.44. The molecular formula is C18H20F6N2O5. The minimum atomic E-state index is -5.08. The Hall–Kier alpha value is -2.86. The molecule has 1 fully saturated rings. The zero-order valence-electron chi connectivity index (χ0n) is 15.9. The van der Waals surface area contributed by atoms with Crippen LogP contribution in [0, 0.1) is 11.8 Å². The Labute approximate surface area is 172 Å². The summed E-state index contributed by atoms with van der Waals surface area (Å²) in [4.78, 5) is 36.3. The van der Waals surface area contributed by atoms with Crippen LogP contribution in [0.2, 0.25) is 0 Å². The number of carbonyl (C=O) groups is 3. The Balaban J connectivity index is 0.000000592. The number of rotatable bonds is 5. The highest BCUT2D eigenvalue weighted by molar-refractivity contribution is 5.85. The van der Waals surface area contributed by atoms with Gasteiger partial charge in [0.2, 0.25) is 5.91 Å². The molecule has 0 aromatic carbocycles. The average Bonchev–Trinajstić information content (AvgIpc) is 2.67. The second-order valence-corrected chi connectivity index (χ2v) is 6.86. The lowest BCUT2D eigenvalue weighted by atomic mass is 9.80. The molecule has 1 aliphatic carbocycles. The third-order valence-electron chi connectivity index (χ3n) is 4.55. The molecule has 3 atom stereocenters. The summed E-state index contributed by atoms with van der Waals surface area (Å²) in [5, 5.41) is 18.8. The molecule has 0 bridgehead atoms. The molecule has 2 rings (SSSR count). The monoisotopic (exact) mass is 458 g/mol. The summed E-state index contributed by atoms with van der Waals surface area (Å²) < 4.78 is 70.2. The maximum absolute atomic E-state index is 12.8. The molecule has 1 aromatic heterocycles. The van der Waals surface area contributed by atoms with Gasteiger partial charge < -0.3 is 15.5 Å². The highest BCUT2D eigenvalue weighted by Crippen LogP contribution is 2.40. The Morgan fingerprint density at radius 2 is 1.61 bits per heavy atom. The summed E-state index contributed by atoms with van der Waals surface area (Å²) in [6.07, 6.45) is -5.94.